The molecule has 0 spiro atoms. The molecule has 38 heavy (non-hydrogen) atoms. The first kappa shape index (κ1) is 23.2. The summed E-state index contributed by atoms with van der Waals surface area (Å²) in [6.07, 6.45) is 0.226. The lowest BCUT2D eigenvalue weighted by Crippen LogP contribution is -2.07. The second kappa shape index (κ2) is 9.33. The molecule has 0 saturated carbocycles. The molecule has 0 unspecified atom stereocenters. The van der Waals surface area contributed by atoms with Gasteiger partial charge in [0.1, 0.15) is 17.2 Å². The van der Waals surface area contributed by atoms with E-state index in [0.717, 1.165) is 21.7 Å². The van der Waals surface area contributed by atoms with Crippen LogP contribution in [0.4, 0.5) is 10.1 Å². The zero-order valence-corrected chi connectivity index (χ0v) is 19.8. The molecular formula is C30H18FN3O4. The first-order valence-corrected chi connectivity index (χ1v) is 11.8. The number of fused-ring (bicyclic) bond motifs is 3. The molecule has 0 bridgehead atoms. The molecule has 6 rings (SSSR count). The second-order valence-corrected chi connectivity index (χ2v) is 8.78. The largest absolute Gasteiger partial charge is 0.422 e. The van der Waals surface area contributed by atoms with Gasteiger partial charge < -0.3 is 4.42 Å². The summed E-state index contributed by atoms with van der Waals surface area (Å²) in [6, 6.07) is 26.8. The van der Waals surface area contributed by atoms with Crippen molar-refractivity contribution in [1.29, 1.82) is 0 Å². The zero-order valence-electron chi connectivity index (χ0n) is 19.8. The van der Waals surface area contributed by atoms with Crippen molar-refractivity contribution in [2.45, 2.75) is 6.42 Å². The lowest BCUT2D eigenvalue weighted by Gasteiger charge is -2.10. The van der Waals surface area contributed by atoms with Crippen LogP contribution in [0.15, 0.2) is 106 Å². The normalized spacial score (nSPS) is 11.2. The molecule has 0 fully saturated rings. The maximum Gasteiger partial charge on any atom is 0.345 e. The minimum Gasteiger partial charge on any atom is -0.422 e. The van der Waals surface area contributed by atoms with Crippen LogP contribution in [0.2, 0.25) is 0 Å². The van der Waals surface area contributed by atoms with E-state index in [0.29, 0.717) is 11.4 Å². The number of aromatic nitrogens is 2. The maximum atomic E-state index is 13.5. The molecule has 0 aliphatic heterocycles. The molecule has 184 valence electrons. The van der Waals surface area contributed by atoms with Crippen LogP contribution in [-0.2, 0) is 6.42 Å². The minimum absolute atomic E-state index is 0.124. The highest BCUT2D eigenvalue weighted by molar-refractivity contribution is 6.06. The summed E-state index contributed by atoms with van der Waals surface area (Å²) in [7, 11) is 0. The third-order valence-electron chi connectivity index (χ3n) is 6.34. The number of hydrogen-bond acceptors (Lipinski definition) is 6. The summed E-state index contributed by atoms with van der Waals surface area (Å²) < 4.78 is 19.1. The van der Waals surface area contributed by atoms with Crippen molar-refractivity contribution in [2.75, 3.05) is 0 Å². The topological polar surface area (TPSA) is 99.1 Å². The molecule has 2 aromatic heterocycles. The summed E-state index contributed by atoms with van der Waals surface area (Å²) in [5.41, 5.74) is 1.53. The zero-order chi connectivity index (χ0) is 26.2. The molecule has 0 aliphatic rings. The Morgan fingerprint density at radius 3 is 2.29 bits per heavy atom. The standard InChI is InChI=1S/C30H18FN3O4/c31-20-12-9-18(10-13-20)15-29-32-25(22-7-3-4-8-27(22)34(36)37)17-26(33-29)24-16-23-21-6-2-1-5-19(21)11-14-28(23)38-30(24)35/h1-14,16-17H,15H2. The number of para-hydroxylation sites is 1. The van der Waals surface area contributed by atoms with Gasteiger partial charge in [-0.15, -0.1) is 0 Å². The van der Waals surface area contributed by atoms with Crippen LogP contribution in [-0.4, -0.2) is 14.9 Å². The number of nitro groups is 1. The third-order valence-corrected chi connectivity index (χ3v) is 6.34. The Bertz CT molecular complexity index is 1920. The van der Waals surface area contributed by atoms with E-state index in [9.17, 15) is 19.3 Å². The Hall–Kier alpha value is -5.24. The average Bonchev–Trinajstić information content (AvgIpc) is 2.93. The van der Waals surface area contributed by atoms with Crippen molar-refractivity contribution in [3.8, 4) is 22.5 Å². The van der Waals surface area contributed by atoms with Crippen LogP contribution in [0, 0.1) is 15.9 Å². The predicted octanol–water partition coefficient (Wildman–Crippen LogP) is 6.71. The first-order valence-electron chi connectivity index (χ1n) is 11.8. The van der Waals surface area contributed by atoms with Crippen molar-refractivity contribution in [3.63, 3.8) is 0 Å². The van der Waals surface area contributed by atoms with Crippen LogP contribution in [0.5, 0.6) is 0 Å². The molecule has 0 radical (unpaired) electrons. The molecule has 6 aromatic rings. The van der Waals surface area contributed by atoms with Crippen molar-refractivity contribution >= 4 is 27.4 Å². The van der Waals surface area contributed by atoms with Crippen molar-refractivity contribution in [1.82, 2.24) is 9.97 Å². The Kier molecular flexibility index (Phi) is 5.69. The highest BCUT2D eigenvalue weighted by atomic mass is 19.1. The van der Waals surface area contributed by atoms with E-state index in [1.807, 2.05) is 30.3 Å². The summed E-state index contributed by atoms with van der Waals surface area (Å²) in [5.74, 6) is -0.0512. The number of rotatable bonds is 5. The number of halogens is 1. The highest BCUT2D eigenvalue weighted by Gasteiger charge is 2.20. The van der Waals surface area contributed by atoms with Crippen LogP contribution in [0.3, 0.4) is 0 Å². The van der Waals surface area contributed by atoms with Crippen molar-refractivity contribution < 1.29 is 13.7 Å². The molecule has 4 aromatic carbocycles. The number of benzene rings is 4. The predicted molar refractivity (Wildman–Crippen MR) is 142 cm³/mol. The SMILES string of the molecule is O=c1oc2ccc3ccccc3c2cc1-c1cc(-c2ccccc2[N+](=O)[O-])nc(Cc2ccc(F)cc2)n1. The van der Waals surface area contributed by atoms with Gasteiger partial charge in [0.2, 0.25) is 0 Å². The molecule has 0 atom stereocenters. The van der Waals surface area contributed by atoms with Crippen LogP contribution >= 0.6 is 0 Å². The maximum absolute atomic E-state index is 13.5. The van der Waals surface area contributed by atoms with Crippen LogP contribution in [0.25, 0.3) is 44.3 Å². The quantitative estimate of drug-likeness (QED) is 0.112. The van der Waals surface area contributed by atoms with Gasteiger partial charge in [-0.25, -0.2) is 19.2 Å². The number of hydrogen-bond donors (Lipinski definition) is 0. The molecule has 0 aliphatic carbocycles. The van der Waals surface area contributed by atoms with Gasteiger partial charge in [0, 0.05) is 17.9 Å². The van der Waals surface area contributed by atoms with Crippen molar-refractivity contribution in [3.05, 3.63) is 135 Å². The van der Waals surface area contributed by atoms with E-state index in [2.05, 4.69) is 9.97 Å². The van der Waals surface area contributed by atoms with E-state index in [-0.39, 0.29) is 40.4 Å². The summed E-state index contributed by atoms with van der Waals surface area (Å²) in [5, 5.41) is 14.4. The Labute approximate surface area is 215 Å². The Balaban J connectivity index is 1.58. The van der Waals surface area contributed by atoms with E-state index in [1.54, 1.807) is 48.5 Å². The molecule has 0 saturated heterocycles. The van der Waals surface area contributed by atoms with Gasteiger partial charge in [-0.2, -0.15) is 0 Å². The van der Waals surface area contributed by atoms with Gasteiger partial charge in [0.05, 0.1) is 27.4 Å². The third kappa shape index (κ3) is 4.28. The van der Waals surface area contributed by atoms with Crippen molar-refractivity contribution in [2.24, 2.45) is 0 Å². The first-order chi connectivity index (χ1) is 18.5. The smallest absolute Gasteiger partial charge is 0.345 e. The summed E-state index contributed by atoms with van der Waals surface area (Å²) >= 11 is 0. The fourth-order valence-corrected chi connectivity index (χ4v) is 4.54. The summed E-state index contributed by atoms with van der Waals surface area (Å²) in [4.78, 5) is 33.6. The molecule has 0 amide bonds. The van der Waals surface area contributed by atoms with Gasteiger partial charge in [-0.1, -0.05) is 54.6 Å². The molecule has 2 heterocycles. The van der Waals surface area contributed by atoms with E-state index < -0.39 is 10.5 Å². The lowest BCUT2D eigenvalue weighted by molar-refractivity contribution is -0.384. The molecule has 7 nitrogen and oxygen atoms in total. The molecular weight excluding hydrogens is 485 g/mol. The monoisotopic (exact) mass is 503 g/mol. The van der Waals surface area contributed by atoms with Gasteiger partial charge in [0.15, 0.2) is 0 Å². The van der Waals surface area contributed by atoms with Gasteiger partial charge in [-0.05, 0) is 52.7 Å². The van der Waals surface area contributed by atoms with E-state index in [1.165, 1.54) is 18.2 Å². The van der Waals surface area contributed by atoms with E-state index in [4.69, 9.17) is 4.42 Å². The van der Waals surface area contributed by atoms with E-state index >= 15 is 0 Å². The van der Waals surface area contributed by atoms with Gasteiger partial charge in [0.25, 0.3) is 5.69 Å². The second-order valence-electron chi connectivity index (χ2n) is 8.78. The highest BCUT2D eigenvalue weighted by Crippen LogP contribution is 2.32. The Morgan fingerprint density at radius 1 is 0.789 bits per heavy atom. The summed E-state index contributed by atoms with van der Waals surface area (Å²) in [6.45, 7) is 0. The lowest BCUT2D eigenvalue weighted by atomic mass is 10.0. The van der Waals surface area contributed by atoms with Gasteiger partial charge >= 0.3 is 5.63 Å². The number of nitro benzene ring substituents is 1. The minimum atomic E-state index is -0.590. The van der Waals surface area contributed by atoms with Crippen LogP contribution in [0.1, 0.15) is 11.4 Å². The fraction of sp³-hybridized carbons (Fsp3) is 0.0333. The van der Waals surface area contributed by atoms with Crippen LogP contribution < -0.4 is 5.63 Å². The fourth-order valence-electron chi connectivity index (χ4n) is 4.54. The molecule has 8 heteroatoms. The van der Waals surface area contributed by atoms with Gasteiger partial charge in [-0.3, -0.25) is 10.1 Å². The Morgan fingerprint density at radius 2 is 1.50 bits per heavy atom. The number of nitrogens with zero attached hydrogens (tertiary/aromatic N) is 3. The average molecular weight is 503 g/mol. The molecule has 0 N–H and O–H groups in total.